The zero-order valence-corrected chi connectivity index (χ0v) is 10.0. The molecule has 0 aliphatic heterocycles. The quantitative estimate of drug-likeness (QED) is 0.845. The SMILES string of the molecule is OC(CCCl)(c1ccccc1)c1cncnc1. The highest BCUT2D eigenvalue weighted by atomic mass is 35.5. The van der Waals surface area contributed by atoms with Crippen molar-refractivity contribution in [1.29, 1.82) is 0 Å². The van der Waals surface area contributed by atoms with E-state index in [1.807, 2.05) is 30.3 Å². The van der Waals surface area contributed by atoms with Gasteiger partial charge in [-0.05, 0) is 12.0 Å². The Hall–Kier alpha value is -1.45. The van der Waals surface area contributed by atoms with E-state index in [1.54, 1.807) is 12.4 Å². The van der Waals surface area contributed by atoms with Gasteiger partial charge in [0.2, 0.25) is 0 Å². The lowest BCUT2D eigenvalue weighted by molar-refractivity contribution is 0.0767. The van der Waals surface area contributed by atoms with Crippen molar-refractivity contribution in [1.82, 2.24) is 9.97 Å². The number of nitrogens with zero attached hydrogens (tertiary/aromatic N) is 2. The first-order valence-electron chi connectivity index (χ1n) is 5.37. The molecule has 3 nitrogen and oxygen atoms in total. The van der Waals surface area contributed by atoms with Crippen LogP contribution in [0.3, 0.4) is 0 Å². The van der Waals surface area contributed by atoms with Gasteiger partial charge >= 0.3 is 0 Å². The van der Waals surface area contributed by atoms with Gasteiger partial charge in [-0.2, -0.15) is 0 Å². The summed E-state index contributed by atoms with van der Waals surface area (Å²) in [4.78, 5) is 7.89. The van der Waals surface area contributed by atoms with E-state index in [4.69, 9.17) is 11.6 Å². The standard InChI is InChI=1S/C13H13ClN2O/c14-7-6-13(17,11-4-2-1-3-5-11)12-8-15-10-16-9-12/h1-5,8-10,17H,6-7H2. The van der Waals surface area contributed by atoms with Crippen LogP contribution < -0.4 is 0 Å². The normalized spacial score (nSPS) is 14.2. The first-order chi connectivity index (χ1) is 8.27. The summed E-state index contributed by atoms with van der Waals surface area (Å²) in [6.45, 7) is 0. The van der Waals surface area contributed by atoms with E-state index in [-0.39, 0.29) is 0 Å². The second-order valence-corrected chi connectivity index (χ2v) is 4.17. The molecule has 1 N–H and O–H groups in total. The van der Waals surface area contributed by atoms with Gasteiger partial charge in [-0.15, -0.1) is 11.6 Å². The van der Waals surface area contributed by atoms with Crippen molar-refractivity contribution >= 4 is 11.6 Å². The molecule has 1 heterocycles. The molecule has 0 amide bonds. The van der Waals surface area contributed by atoms with Gasteiger partial charge in [0.1, 0.15) is 11.9 Å². The van der Waals surface area contributed by atoms with E-state index in [0.717, 1.165) is 5.56 Å². The Morgan fingerprint density at radius 3 is 2.29 bits per heavy atom. The van der Waals surface area contributed by atoms with Crippen LogP contribution in [0.2, 0.25) is 0 Å². The van der Waals surface area contributed by atoms with Crippen molar-refractivity contribution in [2.75, 3.05) is 5.88 Å². The Morgan fingerprint density at radius 1 is 1.06 bits per heavy atom. The highest BCUT2D eigenvalue weighted by molar-refractivity contribution is 6.17. The number of aliphatic hydroxyl groups is 1. The van der Waals surface area contributed by atoms with E-state index in [1.165, 1.54) is 6.33 Å². The lowest BCUT2D eigenvalue weighted by Crippen LogP contribution is -2.28. The predicted molar refractivity (Wildman–Crippen MR) is 66.8 cm³/mol. The van der Waals surface area contributed by atoms with Gasteiger partial charge in [-0.25, -0.2) is 9.97 Å². The van der Waals surface area contributed by atoms with Gasteiger partial charge in [0.25, 0.3) is 0 Å². The number of benzene rings is 1. The minimum Gasteiger partial charge on any atom is -0.380 e. The predicted octanol–water partition coefficient (Wildman–Crippen LogP) is 2.34. The fourth-order valence-corrected chi connectivity index (χ4v) is 2.09. The summed E-state index contributed by atoms with van der Waals surface area (Å²) < 4.78 is 0. The summed E-state index contributed by atoms with van der Waals surface area (Å²) in [5.74, 6) is 0.361. The molecule has 0 saturated heterocycles. The molecule has 1 aromatic carbocycles. The molecule has 0 aliphatic carbocycles. The summed E-state index contributed by atoms with van der Waals surface area (Å²) in [6, 6.07) is 9.43. The van der Waals surface area contributed by atoms with Gasteiger partial charge in [0.05, 0.1) is 0 Å². The molecule has 0 bridgehead atoms. The van der Waals surface area contributed by atoms with Gasteiger partial charge in [-0.3, -0.25) is 0 Å². The molecule has 17 heavy (non-hydrogen) atoms. The molecular weight excluding hydrogens is 236 g/mol. The van der Waals surface area contributed by atoms with Crippen molar-refractivity contribution < 1.29 is 5.11 Å². The Bertz CT molecular complexity index is 422. The molecule has 1 aromatic heterocycles. The summed E-state index contributed by atoms with van der Waals surface area (Å²) in [6.07, 6.45) is 5.10. The van der Waals surface area contributed by atoms with Crippen LogP contribution in [-0.4, -0.2) is 21.0 Å². The summed E-state index contributed by atoms with van der Waals surface area (Å²) in [7, 11) is 0. The third-order valence-corrected chi connectivity index (χ3v) is 2.93. The topological polar surface area (TPSA) is 46.0 Å². The summed E-state index contributed by atoms with van der Waals surface area (Å²) in [5.41, 5.74) is 0.340. The molecule has 4 heteroatoms. The maximum absolute atomic E-state index is 10.8. The maximum atomic E-state index is 10.8. The van der Waals surface area contributed by atoms with Crippen molar-refractivity contribution in [3.05, 3.63) is 60.2 Å². The molecule has 0 saturated carbocycles. The number of alkyl halides is 1. The van der Waals surface area contributed by atoms with Crippen LogP contribution in [0.15, 0.2) is 49.1 Å². The van der Waals surface area contributed by atoms with Crippen molar-refractivity contribution in [2.24, 2.45) is 0 Å². The highest BCUT2D eigenvalue weighted by Gasteiger charge is 2.31. The van der Waals surface area contributed by atoms with E-state index < -0.39 is 5.60 Å². The number of rotatable bonds is 4. The average Bonchev–Trinajstić information content (AvgIpc) is 2.41. The van der Waals surface area contributed by atoms with Crippen LogP contribution in [0.25, 0.3) is 0 Å². The lowest BCUT2D eigenvalue weighted by Gasteiger charge is -2.27. The lowest BCUT2D eigenvalue weighted by atomic mass is 9.86. The van der Waals surface area contributed by atoms with Gasteiger partial charge in [-0.1, -0.05) is 30.3 Å². The Kier molecular flexibility index (Phi) is 3.71. The Morgan fingerprint density at radius 2 is 1.71 bits per heavy atom. The van der Waals surface area contributed by atoms with Gasteiger partial charge in [0.15, 0.2) is 0 Å². The van der Waals surface area contributed by atoms with Crippen LogP contribution in [0.1, 0.15) is 17.5 Å². The van der Waals surface area contributed by atoms with Crippen LogP contribution >= 0.6 is 11.6 Å². The van der Waals surface area contributed by atoms with Crippen LogP contribution in [0.4, 0.5) is 0 Å². The number of hydrogen-bond acceptors (Lipinski definition) is 3. The van der Waals surface area contributed by atoms with Gasteiger partial charge in [0, 0.05) is 23.8 Å². The third kappa shape index (κ3) is 2.46. The van der Waals surface area contributed by atoms with E-state index in [2.05, 4.69) is 9.97 Å². The van der Waals surface area contributed by atoms with Crippen molar-refractivity contribution in [3.63, 3.8) is 0 Å². The summed E-state index contributed by atoms with van der Waals surface area (Å²) in [5, 5.41) is 10.8. The van der Waals surface area contributed by atoms with Crippen LogP contribution in [0.5, 0.6) is 0 Å². The fourth-order valence-electron chi connectivity index (χ4n) is 1.82. The van der Waals surface area contributed by atoms with Crippen LogP contribution in [0, 0.1) is 0 Å². The Labute approximate surface area is 105 Å². The molecule has 2 rings (SSSR count). The molecule has 1 atom stereocenters. The molecule has 0 fully saturated rings. The maximum Gasteiger partial charge on any atom is 0.119 e. The fraction of sp³-hybridized carbons (Fsp3) is 0.231. The van der Waals surface area contributed by atoms with Crippen molar-refractivity contribution in [3.8, 4) is 0 Å². The molecule has 1 unspecified atom stereocenters. The number of aromatic nitrogens is 2. The minimum absolute atomic E-state index is 0.361. The second kappa shape index (κ2) is 5.25. The average molecular weight is 249 g/mol. The third-order valence-electron chi connectivity index (χ3n) is 2.75. The van der Waals surface area contributed by atoms with Crippen molar-refractivity contribution in [2.45, 2.75) is 12.0 Å². The molecule has 0 spiro atoms. The largest absolute Gasteiger partial charge is 0.380 e. The highest BCUT2D eigenvalue weighted by Crippen LogP contribution is 2.32. The number of hydrogen-bond donors (Lipinski definition) is 1. The van der Waals surface area contributed by atoms with Crippen LogP contribution in [-0.2, 0) is 5.60 Å². The second-order valence-electron chi connectivity index (χ2n) is 3.79. The molecule has 0 aliphatic rings. The van der Waals surface area contributed by atoms with E-state index in [0.29, 0.717) is 17.9 Å². The summed E-state index contributed by atoms with van der Waals surface area (Å²) >= 11 is 5.78. The first-order valence-corrected chi connectivity index (χ1v) is 5.90. The van der Waals surface area contributed by atoms with Gasteiger partial charge < -0.3 is 5.11 Å². The molecule has 88 valence electrons. The zero-order valence-electron chi connectivity index (χ0n) is 9.25. The van der Waals surface area contributed by atoms with E-state index in [9.17, 15) is 5.11 Å². The first kappa shape index (κ1) is 12.0. The molecule has 0 radical (unpaired) electrons. The molecule has 2 aromatic rings. The minimum atomic E-state index is -1.12. The smallest absolute Gasteiger partial charge is 0.119 e. The molecular formula is C13H13ClN2O. The zero-order chi connectivity index (χ0) is 12.1. The van der Waals surface area contributed by atoms with E-state index >= 15 is 0 Å². The monoisotopic (exact) mass is 248 g/mol. The Balaban J connectivity index is 2.47. The number of halogens is 1.